The number of H-pyrrole nitrogens is 2. The third-order valence-electron chi connectivity index (χ3n) is 5.69. The molecule has 0 saturated carbocycles. The summed E-state index contributed by atoms with van der Waals surface area (Å²) in [5.41, 5.74) is 8.05. The molecule has 0 aliphatic rings. The van der Waals surface area contributed by atoms with E-state index in [0.29, 0.717) is 0 Å². The SMILES string of the molecule is C=C/C=C\C(=C/C)c1ccc2[nH]nc(-c3cc4c(-c5ccc(F)cc5)cccc4[nH]3)c2c1. The summed E-state index contributed by atoms with van der Waals surface area (Å²) in [4.78, 5) is 3.51. The van der Waals surface area contributed by atoms with Crippen LogP contribution in [0, 0.1) is 5.82 Å². The van der Waals surface area contributed by atoms with Crippen molar-refractivity contribution >= 4 is 27.4 Å². The number of rotatable bonds is 5. The number of allylic oxidation sites excluding steroid dienone is 5. The normalized spacial score (nSPS) is 12.2. The zero-order chi connectivity index (χ0) is 22.1. The van der Waals surface area contributed by atoms with E-state index in [1.807, 2.05) is 43.3 Å². The van der Waals surface area contributed by atoms with E-state index < -0.39 is 0 Å². The highest BCUT2D eigenvalue weighted by Gasteiger charge is 2.14. The fourth-order valence-corrected chi connectivity index (χ4v) is 4.09. The molecule has 5 rings (SSSR count). The van der Waals surface area contributed by atoms with Crippen LogP contribution >= 0.6 is 0 Å². The average Bonchev–Trinajstić information content (AvgIpc) is 3.43. The molecule has 0 unspecified atom stereocenters. The molecule has 0 radical (unpaired) electrons. The molecule has 0 aliphatic heterocycles. The molecule has 4 heteroatoms. The maximum atomic E-state index is 13.4. The van der Waals surface area contributed by atoms with Gasteiger partial charge in [0.15, 0.2) is 0 Å². The number of halogens is 1. The van der Waals surface area contributed by atoms with Gasteiger partial charge in [0.2, 0.25) is 0 Å². The third-order valence-corrected chi connectivity index (χ3v) is 5.69. The Morgan fingerprint density at radius 1 is 0.969 bits per heavy atom. The van der Waals surface area contributed by atoms with Gasteiger partial charge in [0.25, 0.3) is 0 Å². The monoisotopic (exact) mass is 419 g/mol. The summed E-state index contributed by atoms with van der Waals surface area (Å²) >= 11 is 0. The predicted molar refractivity (Wildman–Crippen MR) is 132 cm³/mol. The Morgan fingerprint density at radius 2 is 1.81 bits per heavy atom. The van der Waals surface area contributed by atoms with Gasteiger partial charge in [0.05, 0.1) is 11.2 Å². The summed E-state index contributed by atoms with van der Waals surface area (Å²) in [5, 5.41) is 9.87. The minimum absolute atomic E-state index is 0.238. The number of aromatic nitrogens is 3. The highest BCUT2D eigenvalue weighted by molar-refractivity contribution is 6.01. The van der Waals surface area contributed by atoms with Crippen LogP contribution in [0.2, 0.25) is 0 Å². The maximum Gasteiger partial charge on any atom is 0.123 e. The van der Waals surface area contributed by atoms with Gasteiger partial charge in [-0.15, -0.1) is 0 Å². The van der Waals surface area contributed by atoms with E-state index in [1.165, 1.54) is 12.1 Å². The lowest BCUT2D eigenvalue weighted by Crippen LogP contribution is -1.82. The summed E-state index contributed by atoms with van der Waals surface area (Å²) in [6.07, 6.45) is 7.84. The minimum Gasteiger partial charge on any atom is -0.353 e. The molecule has 32 heavy (non-hydrogen) atoms. The van der Waals surface area contributed by atoms with Gasteiger partial charge >= 0.3 is 0 Å². The second-order valence-electron chi connectivity index (χ2n) is 7.63. The van der Waals surface area contributed by atoms with E-state index in [4.69, 9.17) is 0 Å². The van der Waals surface area contributed by atoms with Crippen LogP contribution in [0.5, 0.6) is 0 Å². The van der Waals surface area contributed by atoms with Gasteiger partial charge in [-0.2, -0.15) is 5.10 Å². The number of benzene rings is 3. The highest BCUT2D eigenvalue weighted by atomic mass is 19.1. The molecule has 0 bridgehead atoms. The van der Waals surface area contributed by atoms with Gasteiger partial charge in [-0.05, 0) is 65.6 Å². The van der Waals surface area contributed by atoms with Crippen molar-refractivity contribution in [2.24, 2.45) is 0 Å². The largest absolute Gasteiger partial charge is 0.353 e. The fraction of sp³-hybridized carbons (Fsp3) is 0.0357. The smallest absolute Gasteiger partial charge is 0.123 e. The number of hydrogen-bond donors (Lipinski definition) is 2. The lowest BCUT2D eigenvalue weighted by atomic mass is 10.0. The van der Waals surface area contributed by atoms with E-state index in [1.54, 1.807) is 6.08 Å². The van der Waals surface area contributed by atoms with Crippen LogP contribution in [0.3, 0.4) is 0 Å². The van der Waals surface area contributed by atoms with E-state index in [9.17, 15) is 4.39 Å². The molecule has 2 heterocycles. The number of nitrogens with one attached hydrogen (secondary N) is 2. The van der Waals surface area contributed by atoms with Gasteiger partial charge in [-0.1, -0.05) is 61.2 Å². The van der Waals surface area contributed by atoms with Crippen molar-refractivity contribution in [2.45, 2.75) is 6.92 Å². The summed E-state index contributed by atoms with van der Waals surface area (Å²) in [7, 11) is 0. The molecule has 0 fully saturated rings. The van der Waals surface area contributed by atoms with Gasteiger partial charge in [-0.3, -0.25) is 5.10 Å². The van der Waals surface area contributed by atoms with Crippen LogP contribution in [0.25, 0.3) is 49.9 Å². The Hall–Kier alpha value is -4.18. The van der Waals surface area contributed by atoms with Crippen molar-refractivity contribution in [1.29, 1.82) is 0 Å². The lowest BCUT2D eigenvalue weighted by Gasteiger charge is -2.03. The summed E-state index contributed by atoms with van der Waals surface area (Å²) < 4.78 is 13.4. The molecule has 3 aromatic carbocycles. The third kappa shape index (κ3) is 3.46. The van der Waals surface area contributed by atoms with Gasteiger partial charge in [0.1, 0.15) is 11.5 Å². The second kappa shape index (κ2) is 8.16. The number of fused-ring (bicyclic) bond motifs is 2. The Bertz CT molecular complexity index is 1500. The zero-order valence-electron chi connectivity index (χ0n) is 17.7. The van der Waals surface area contributed by atoms with Gasteiger partial charge in [-0.25, -0.2) is 4.39 Å². The Kier molecular flexibility index (Phi) is 5.04. The van der Waals surface area contributed by atoms with Crippen LogP contribution < -0.4 is 0 Å². The lowest BCUT2D eigenvalue weighted by molar-refractivity contribution is 0.628. The van der Waals surface area contributed by atoms with Crippen LogP contribution in [0.15, 0.2) is 97.6 Å². The standard InChI is InChI=1S/C28H22FN3/c1-3-5-7-18(4-2)20-12-15-26-24(16-20)28(32-31-26)27-17-23-22(8-6-9-25(23)30-27)19-10-13-21(29)14-11-19/h3-17,30H,1H2,2H3,(H,31,32)/b7-5-,18-4+. The van der Waals surface area contributed by atoms with E-state index in [2.05, 4.69) is 58.2 Å². The fourth-order valence-electron chi connectivity index (χ4n) is 4.09. The Balaban J connectivity index is 1.64. The first-order valence-electron chi connectivity index (χ1n) is 10.5. The molecule has 2 N–H and O–H groups in total. The minimum atomic E-state index is -0.238. The van der Waals surface area contributed by atoms with Crippen LogP contribution in [0.4, 0.5) is 4.39 Å². The van der Waals surface area contributed by atoms with E-state index in [0.717, 1.165) is 55.5 Å². The van der Waals surface area contributed by atoms with Crippen LogP contribution in [-0.2, 0) is 0 Å². The highest BCUT2D eigenvalue weighted by Crippen LogP contribution is 2.35. The first-order chi connectivity index (χ1) is 15.7. The van der Waals surface area contributed by atoms with Crippen molar-refractivity contribution in [3.05, 3.63) is 109 Å². The average molecular weight is 420 g/mol. The topological polar surface area (TPSA) is 44.5 Å². The summed E-state index contributed by atoms with van der Waals surface area (Å²) in [6, 6.07) is 21.1. The molecule has 0 atom stereocenters. The zero-order valence-corrected chi connectivity index (χ0v) is 17.7. The molecule has 0 amide bonds. The van der Waals surface area contributed by atoms with Crippen molar-refractivity contribution in [3.63, 3.8) is 0 Å². The van der Waals surface area contributed by atoms with Gasteiger partial charge < -0.3 is 4.98 Å². The van der Waals surface area contributed by atoms with E-state index >= 15 is 0 Å². The molecule has 156 valence electrons. The predicted octanol–water partition coefficient (Wildman–Crippen LogP) is 7.66. The Morgan fingerprint density at radius 3 is 2.59 bits per heavy atom. The molecular weight excluding hydrogens is 397 g/mol. The van der Waals surface area contributed by atoms with Crippen molar-refractivity contribution in [3.8, 4) is 22.5 Å². The second-order valence-corrected chi connectivity index (χ2v) is 7.63. The number of hydrogen-bond acceptors (Lipinski definition) is 1. The first kappa shape index (κ1) is 19.8. The Labute approximate surface area is 185 Å². The molecule has 2 aromatic heterocycles. The molecule has 5 aromatic rings. The summed E-state index contributed by atoms with van der Waals surface area (Å²) in [6.45, 7) is 5.78. The van der Waals surface area contributed by atoms with Crippen molar-refractivity contribution < 1.29 is 4.39 Å². The molecule has 3 nitrogen and oxygen atoms in total. The number of aromatic amines is 2. The number of nitrogens with zero attached hydrogens (tertiary/aromatic N) is 1. The van der Waals surface area contributed by atoms with Crippen molar-refractivity contribution in [1.82, 2.24) is 15.2 Å². The molecular formula is C28H22FN3. The molecule has 0 aliphatic carbocycles. The quantitative estimate of drug-likeness (QED) is 0.282. The molecule has 0 saturated heterocycles. The van der Waals surface area contributed by atoms with Gasteiger partial charge in [0, 0.05) is 16.3 Å². The first-order valence-corrected chi connectivity index (χ1v) is 10.5. The van der Waals surface area contributed by atoms with Crippen LogP contribution in [0.1, 0.15) is 12.5 Å². The summed E-state index contributed by atoms with van der Waals surface area (Å²) in [5.74, 6) is -0.238. The molecule has 0 spiro atoms. The van der Waals surface area contributed by atoms with Crippen molar-refractivity contribution in [2.75, 3.05) is 0 Å². The van der Waals surface area contributed by atoms with Crippen LogP contribution in [-0.4, -0.2) is 15.2 Å². The maximum absolute atomic E-state index is 13.4. The van der Waals surface area contributed by atoms with E-state index in [-0.39, 0.29) is 5.82 Å².